The molecule has 0 atom stereocenters. The van der Waals surface area contributed by atoms with Crippen LogP contribution in [0.3, 0.4) is 0 Å². The first-order valence-corrected chi connectivity index (χ1v) is 7.64. The summed E-state index contributed by atoms with van der Waals surface area (Å²) in [6.45, 7) is 5.37. The lowest BCUT2D eigenvalue weighted by Crippen LogP contribution is -2.50. The van der Waals surface area contributed by atoms with Crippen molar-refractivity contribution in [3.05, 3.63) is 11.7 Å². The molecule has 0 spiro atoms. The van der Waals surface area contributed by atoms with Gasteiger partial charge in [0.15, 0.2) is 5.82 Å². The molecule has 2 heterocycles. The van der Waals surface area contributed by atoms with E-state index in [4.69, 9.17) is 29.1 Å². The molecule has 3 N–H and O–H groups in total. The molecule has 1 amide bonds. The van der Waals surface area contributed by atoms with E-state index in [1.807, 2.05) is 4.90 Å². The minimum absolute atomic E-state index is 0.0905. The van der Waals surface area contributed by atoms with E-state index >= 15 is 0 Å². The second-order valence-electron chi connectivity index (χ2n) is 5.26. The van der Waals surface area contributed by atoms with Crippen molar-refractivity contribution in [2.75, 3.05) is 32.8 Å². The molecule has 1 fully saturated rings. The van der Waals surface area contributed by atoms with Crippen molar-refractivity contribution in [1.29, 1.82) is 0 Å². The quantitative estimate of drug-likeness (QED) is 0.396. The molecule has 0 bridgehead atoms. The number of esters is 1. The molecular formula is C14H20N4O8. The maximum absolute atomic E-state index is 11.6. The Morgan fingerprint density at radius 3 is 2.35 bits per heavy atom. The number of hydrogen-bond donors (Lipinski definition) is 3. The zero-order valence-corrected chi connectivity index (χ0v) is 14.3. The number of ether oxygens (including phenoxy) is 1. The van der Waals surface area contributed by atoms with E-state index in [0.717, 1.165) is 0 Å². The average Bonchev–Trinajstić information content (AvgIpc) is 2.95. The summed E-state index contributed by atoms with van der Waals surface area (Å²) in [5.74, 6) is -2.85. The van der Waals surface area contributed by atoms with Crippen LogP contribution in [0.25, 0.3) is 0 Å². The lowest BCUT2D eigenvalue weighted by Gasteiger charge is -2.36. The van der Waals surface area contributed by atoms with Crippen LogP contribution in [-0.4, -0.2) is 81.9 Å². The Hall–Kier alpha value is -3.02. The molecule has 1 aromatic rings. The molecule has 0 unspecified atom stereocenters. The van der Waals surface area contributed by atoms with Crippen LogP contribution in [0.15, 0.2) is 4.52 Å². The van der Waals surface area contributed by atoms with Crippen LogP contribution in [-0.2, 0) is 23.9 Å². The van der Waals surface area contributed by atoms with Crippen molar-refractivity contribution in [2.45, 2.75) is 19.8 Å². The number of carbonyl (C=O) groups excluding carboxylic acids is 2. The summed E-state index contributed by atoms with van der Waals surface area (Å²) in [6.07, 6.45) is 0. The molecule has 12 nitrogen and oxygen atoms in total. The molecule has 0 aliphatic carbocycles. The fraction of sp³-hybridized carbons (Fsp3) is 0.571. The van der Waals surface area contributed by atoms with Gasteiger partial charge in [-0.3, -0.25) is 14.5 Å². The number of nitrogens with one attached hydrogen (secondary N) is 1. The summed E-state index contributed by atoms with van der Waals surface area (Å²) < 4.78 is 9.80. The van der Waals surface area contributed by atoms with Gasteiger partial charge >= 0.3 is 17.9 Å². The summed E-state index contributed by atoms with van der Waals surface area (Å²) in [5.41, 5.74) is 0. The topological polar surface area (TPSA) is 172 Å². The monoisotopic (exact) mass is 372 g/mol. The normalized spacial score (nSPS) is 13.8. The fourth-order valence-corrected chi connectivity index (χ4v) is 1.98. The third-order valence-corrected chi connectivity index (χ3v) is 3.14. The number of rotatable bonds is 6. The summed E-state index contributed by atoms with van der Waals surface area (Å²) in [7, 11) is 0. The van der Waals surface area contributed by atoms with E-state index in [1.54, 1.807) is 13.8 Å². The number of carbonyl (C=O) groups is 4. The third-order valence-electron chi connectivity index (χ3n) is 3.14. The maximum atomic E-state index is 11.6. The van der Waals surface area contributed by atoms with Crippen LogP contribution in [0.2, 0.25) is 0 Å². The number of amides is 1. The molecular weight excluding hydrogens is 352 g/mol. The van der Waals surface area contributed by atoms with E-state index in [2.05, 4.69) is 15.5 Å². The first kappa shape index (κ1) is 21.0. The molecule has 1 saturated heterocycles. The molecule has 1 aliphatic heterocycles. The highest BCUT2D eigenvalue weighted by atomic mass is 16.5. The number of likely N-dealkylation sites (tertiary alicyclic amines) is 1. The highest BCUT2D eigenvalue weighted by Crippen LogP contribution is 2.24. The summed E-state index contributed by atoms with van der Waals surface area (Å²) >= 11 is 0. The van der Waals surface area contributed by atoms with Crippen LogP contribution in [0.1, 0.15) is 24.6 Å². The van der Waals surface area contributed by atoms with Crippen LogP contribution in [0, 0.1) is 6.92 Å². The van der Waals surface area contributed by atoms with Gasteiger partial charge in [-0.2, -0.15) is 4.98 Å². The minimum Gasteiger partial charge on any atom is -0.473 e. The number of hydrogen-bond acceptors (Lipinski definition) is 9. The van der Waals surface area contributed by atoms with Crippen molar-refractivity contribution >= 4 is 23.8 Å². The van der Waals surface area contributed by atoms with Gasteiger partial charge in [-0.25, -0.2) is 9.59 Å². The summed E-state index contributed by atoms with van der Waals surface area (Å²) in [4.78, 5) is 47.0. The van der Waals surface area contributed by atoms with Crippen molar-refractivity contribution in [1.82, 2.24) is 20.4 Å². The van der Waals surface area contributed by atoms with Crippen LogP contribution in [0.4, 0.5) is 0 Å². The number of aromatic nitrogens is 2. The Morgan fingerprint density at radius 1 is 1.27 bits per heavy atom. The van der Waals surface area contributed by atoms with E-state index in [1.165, 1.54) is 0 Å². The number of nitrogens with zero attached hydrogens (tertiary/aromatic N) is 3. The second-order valence-corrected chi connectivity index (χ2v) is 5.26. The number of aryl methyl sites for hydroxylation is 1. The first-order valence-electron chi connectivity index (χ1n) is 7.64. The zero-order valence-electron chi connectivity index (χ0n) is 14.3. The first-order chi connectivity index (χ1) is 12.2. The zero-order chi connectivity index (χ0) is 19.7. The minimum atomic E-state index is -1.82. The highest BCUT2D eigenvalue weighted by Gasteiger charge is 2.33. The summed E-state index contributed by atoms with van der Waals surface area (Å²) in [6, 6.07) is 0. The Bertz CT molecular complexity index is 641. The number of carboxylic acids is 2. The molecule has 0 radical (unpaired) electrons. The van der Waals surface area contributed by atoms with Gasteiger partial charge in [-0.1, -0.05) is 5.16 Å². The van der Waals surface area contributed by atoms with Gasteiger partial charge in [-0.05, 0) is 13.8 Å². The van der Waals surface area contributed by atoms with Gasteiger partial charge < -0.3 is 24.8 Å². The lowest BCUT2D eigenvalue weighted by atomic mass is 10.0. The average molecular weight is 372 g/mol. The van der Waals surface area contributed by atoms with Gasteiger partial charge in [0.2, 0.25) is 11.8 Å². The van der Waals surface area contributed by atoms with Gasteiger partial charge in [0.1, 0.15) is 6.54 Å². The molecule has 1 aliphatic rings. The Kier molecular flexibility index (Phi) is 8.15. The van der Waals surface area contributed by atoms with E-state index in [9.17, 15) is 9.59 Å². The van der Waals surface area contributed by atoms with Crippen LogP contribution in [0.5, 0.6) is 0 Å². The molecule has 0 aromatic carbocycles. The molecule has 2 rings (SSSR count). The lowest BCUT2D eigenvalue weighted by molar-refractivity contribution is -0.159. The molecule has 144 valence electrons. The van der Waals surface area contributed by atoms with Crippen LogP contribution >= 0.6 is 0 Å². The number of aliphatic carboxylic acids is 2. The predicted molar refractivity (Wildman–Crippen MR) is 83.1 cm³/mol. The second kappa shape index (κ2) is 10.1. The fourth-order valence-electron chi connectivity index (χ4n) is 1.98. The largest absolute Gasteiger partial charge is 0.473 e. The number of carboxylic acid groups (broad SMARTS) is 2. The van der Waals surface area contributed by atoms with Gasteiger partial charge in [0.05, 0.1) is 19.1 Å². The SMILES string of the molecule is CCOC(=O)CNC(=O)CN1CC(c2nc(C)no2)C1.O=C(O)C(=O)O. The third kappa shape index (κ3) is 7.25. The molecule has 0 saturated carbocycles. The highest BCUT2D eigenvalue weighted by molar-refractivity contribution is 6.27. The standard InChI is InChI=1S/C12H18N4O4.C2H2O4/c1-3-19-11(18)4-13-10(17)7-16-5-9(6-16)12-14-8(2)15-20-12;3-1(4)2(5)6/h9H,3-7H2,1-2H3,(H,13,17);(H,3,4)(H,5,6). The van der Waals surface area contributed by atoms with Crippen molar-refractivity contribution < 1.29 is 38.7 Å². The van der Waals surface area contributed by atoms with Gasteiger partial charge in [0, 0.05) is 13.1 Å². The van der Waals surface area contributed by atoms with Crippen molar-refractivity contribution in [3.63, 3.8) is 0 Å². The molecule has 12 heteroatoms. The Labute approximate surface area is 148 Å². The van der Waals surface area contributed by atoms with Crippen LogP contribution < -0.4 is 5.32 Å². The van der Waals surface area contributed by atoms with E-state index in [0.29, 0.717) is 31.4 Å². The van der Waals surface area contributed by atoms with Gasteiger partial charge in [0.25, 0.3) is 0 Å². The predicted octanol–water partition coefficient (Wildman–Crippen LogP) is -1.39. The van der Waals surface area contributed by atoms with E-state index in [-0.39, 0.29) is 24.9 Å². The summed E-state index contributed by atoms with van der Waals surface area (Å²) in [5, 5.41) is 21.0. The molecule has 26 heavy (non-hydrogen) atoms. The molecule has 1 aromatic heterocycles. The Balaban J connectivity index is 0.000000487. The smallest absolute Gasteiger partial charge is 0.414 e. The van der Waals surface area contributed by atoms with Crippen molar-refractivity contribution in [2.24, 2.45) is 0 Å². The maximum Gasteiger partial charge on any atom is 0.414 e. The Morgan fingerprint density at radius 2 is 1.88 bits per heavy atom. The van der Waals surface area contributed by atoms with Gasteiger partial charge in [-0.15, -0.1) is 0 Å². The van der Waals surface area contributed by atoms with E-state index < -0.39 is 17.9 Å². The van der Waals surface area contributed by atoms with Crippen molar-refractivity contribution in [3.8, 4) is 0 Å².